The van der Waals surface area contributed by atoms with Crippen LogP contribution < -0.4 is 0 Å². The van der Waals surface area contributed by atoms with Gasteiger partial charge in [-0.1, -0.05) is 19.3 Å². The molecule has 0 N–H and O–H groups in total. The van der Waals surface area contributed by atoms with Crippen molar-refractivity contribution in [3.05, 3.63) is 22.5 Å². The Hall–Kier alpha value is -1.00. The SMILES string of the molecule is Cc1nc(CN2CCC[C@@H]2C)c2cc(C3CCCCC3)sc2n1. The molecule has 2 fully saturated rings. The summed E-state index contributed by atoms with van der Waals surface area (Å²) in [7, 11) is 0. The van der Waals surface area contributed by atoms with Gasteiger partial charge in [-0.2, -0.15) is 0 Å². The number of thiophene rings is 1. The van der Waals surface area contributed by atoms with Crippen LogP contribution in [0.2, 0.25) is 0 Å². The van der Waals surface area contributed by atoms with Gasteiger partial charge in [0.1, 0.15) is 10.7 Å². The maximum atomic E-state index is 4.81. The molecule has 0 spiro atoms. The first-order chi connectivity index (χ1) is 11.2. The van der Waals surface area contributed by atoms with Crippen molar-refractivity contribution in [3.8, 4) is 0 Å². The number of likely N-dealkylation sites (tertiary alicyclic amines) is 1. The van der Waals surface area contributed by atoms with Gasteiger partial charge in [-0.15, -0.1) is 11.3 Å². The lowest BCUT2D eigenvalue weighted by Crippen LogP contribution is -2.26. The highest BCUT2D eigenvalue weighted by molar-refractivity contribution is 7.18. The van der Waals surface area contributed by atoms with E-state index in [1.54, 1.807) is 4.88 Å². The van der Waals surface area contributed by atoms with Crippen molar-refractivity contribution in [1.82, 2.24) is 14.9 Å². The molecule has 0 bridgehead atoms. The molecule has 1 saturated heterocycles. The topological polar surface area (TPSA) is 29.0 Å². The van der Waals surface area contributed by atoms with Crippen LogP contribution in [0.3, 0.4) is 0 Å². The number of nitrogens with zero attached hydrogens (tertiary/aromatic N) is 3. The zero-order valence-electron chi connectivity index (χ0n) is 14.3. The van der Waals surface area contributed by atoms with Gasteiger partial charge in [0.2, 0.25) is 0 Å². The molecule has 2 aromatic heterocycles. The summed E-state index contributed by atoms with van der Waals surface area (Å²) in [6, 6.07) is 3.11. The Balaban J connectivity index is 1.67. The fraction of sp³-hybridized carbons (Fsp3) is 0.684. The standard InChI is InChI=1S/C19H27N3S/c1-13-7-6-10-22(13)12-17-16-11-18(15-8-4-3-5-9-15)23-19(16)21-14(2)20-17/h11,13,15H,3-10,12H2,1-2H3/t13-/m0/s1. The Labute approximate surface area is 143 Å². The lowest BCUT2D eigenvalue weighted by molar-refractivity contribution is 0.258. The van der Waals surface area contributed by atoms with Gasteiger partial charge in [0.05, 0.1) is 5.69 Å². The summed E-state index contributed by atoms with van der Waals surface area (Å²) in [6.07, 6.45) is 9.56. The summed E-state index contributed by atoms with van der Waals surface area (Å²) in [5.74, 6) is 1.69. The molecular formula is C19H27N3S. The van der Waals surface area contributed by atoms with Gasteiger partial charge in [-0.25, -0.2) is 9.97 Å². The Kier molecular flexibility index (Phi) is 4.37. The van der Waals surface area contributed by atoms with E-state index in [0.29, 0.717) is 6.04 Å². The summed E-state index contributed by atoms with van der Waals surface area (Å²) in [5.41, 5.74) is 1.25. The predicted octanol–water partition coefficient (Wildman–Crippen LogP) is 5.03. The Bertz CT molecular complexity index is 687. The molecule has 2 aliphatic rings. The van der Waals surface area contributed by atoms with Crippen LogP contribution in [0.15, 0.2) is 6.07 Å². The number of aromatic nitrogens is 2. The number of aryl methyl sites for hydroxylation is 1. The van der Waals surface area contributed by atoms with Crippen LogP contribution in [0.5, 0.6) is 0 Å². The molecule has 0 aromatic carbocycles. The second-order valence-corrected chi connectivity index (χ2v) is 8.44. The molecule has 1 saturated carbocycles. The normalized spacial score (nSPS) is 23.8. The molecule has 3 heterocycles. The molecule has 0 radical (unpaired) electrons. The molecule has 1 atom stereocenters. The number of fused-ring (bicyclic) bond motifs is 1. The Morgan fingerprint density at radius 2 is 1.96 bits per heavy atom. The predicted molar refractivity (Wildman–Crippen MR) is 97.1 cm³/mol. The van der Waals surface area contributed by atoms with Gasteiger partial charge in [-0.3, -0.25) is 4.90 Å². The van der Waals surface area contributed by atoms with Gasteiger partial charge in [0.25, 0.3) is 0 Å². The molecule has 1 aliphatic carbocycles. The summed E-state index contributed by atoms with van der Waals surface area (Å²) in [4.78, 5) is 14.9. The van der Waals surface area contributed by atoms with Gasteiger partial charge < -0.3 is 0 Å². The van der Waals surface area contributed by atoms with E-state index in [4.69, 9.17) is 9.97 Å². The van der Waals surface area contributed by atoms with Gasteiger partial charge >= 0.3 is 0 Å². The zero-order valence-corrected chi connectivity index (χ0v) is 15.2. The van der Waals surface area contributed by atoms with E-state index in [1.807, 2.05) is 18.3 Å². The van der Waals surface area contributed by atoms with Gasteiger partial charge in [0, 0.05) is 22.8 Å². The third-order valence-electron chi connectivity index (χ3n) is 5.65. The van der Waals surface area contributed by atoms with Crippen molar-refractivity contribution in [1.29, 1.82) is 0 Å². The fourth-order valence-electron chi connectivity index (χ4n) is 4.25. The first kappa shape index (κ1) is 15.5. The molecule has 4 heteroatoms. The first-order valence-corrected chi connectivity index (χ1v) is 10.0. The minimum atomic E-state index is 0.691. The summed E-state index contributed by atoms with van der Waals surface area (Å²) in [5, 5.41) is 1.32. The van der Waals surface area contributed by atoms with Crippen molar-refractivity contribution < 1.29 is 0 Å². The second kappa shape index (κ2) is 6.48. The van der Waals surface area contributed by atoms with Crippen molar-refractivity contribution in [2.75, 3.05) is 6.54 Å². The average Bonchev–Trinajstić information content (AvgIpc) is 3.15. The van der Waals surface area contributed by atoms with Gasteiger partial charge in [0.15, 0.2) is 0 Å². The summed E-state index contributed by atoms with van der Waals surface area (Å²) < 4.78 is 0. The monoisotopic (exact) mass is 329 g/mol. The van der Waals surface area contributed by atoms with E-state index in [0.717, 1.165) is 18.3 Å². The van der Waals surface area contributed by atoms with Crippen LogP contribution in [-0.4, -0.2) is 27.5 Å². The third kappa shape index (κ3) is 3.16. The molecular weight excluding hydrogens is 302 g/mol. The summed E-state index contributed by atoms with van der Waals surface area (Å²) in [6.45, 7) is 6.59. The quantitative estimate of drug-likeness (QED) is 0.790. The van der Waals surface area contributed by atoms with Crippen LogP contribution in [-0.2, 0) is 6.54 Å². The van der Waals surface area contributed by atoms with Crippen LogP contribution >= 0.6 is 11.3 Å². The van der Waals surface area contributed by atoms with E-state index < -0.39 is 0 Å². The van der Waals surface area contributed by atoms with Gasteiger partial charge in [-0.05, 0) is 58.1 Å². The molecule has 23 heavy (non-hydrogen) atoms. The van der Waals surface area contributed by atoms with Crippen LogP contribution in [0.4, 0.5) is 0 Å². The second-order valence-electron chi connectivity index (χ2n) is 7.38. The molecule has 124 valence electrons. The van der Waals surface area contributed by atoms with E-state index in [-0.39, 0.29) is 0 Å². The highest BCUT2D eigenvalue weighted by Crippen LogP contribution is 2.39. The number of hydrogen-bond donors (Lipinski definition) is 0. The van der Waals surface area contributed by atoms with Crippen molar-refractivity contribution in [3.63, 3.8) is 0 Å². The minimum absolute atomic E-state index is 0.691. The Morgan fingerprint density at radius 3 is 2.70 bits per heavy atom. The van der Waals surface area contributed by atoms with Crippen molar-refractivity contribution in [2.24, 2.45) is 0 Å². The van der Waals surface area contributed by atoms with Crippen LogP contribution in [0.1, 0.15) is 74.2 Å². The van der Waals surface area contributed by atoms with E-state index >= 15 is 0 Å². The highest BCUT2D eigenvalue weighted by atomic mass is 32.1. The molecule has 0 unspecified atom stereocenters. The average molecular weight is 330 g/mol. The first-order valence-electron chi connectivity index (χ1n) is 9.22. The van der Waals surface area contributed by atoms with Crippen molar-refractivity contribution >= 4 is 21.6 Å². The lowest BCUT2D eigenvalue weighted by Gasteiger charge is -2.21. The Morgan fingerprint density at radius 1 is 1.13 bits per heavy atom. The molecule has 3 nitrogen and oxygen atoms in total. The van der Waals surface area contributed by atoms with E-state index in [2.05, 4.69) is 17.9 Å². The molecule has 2 aromatic rings. The van der Waals surface area contributed by atoms with Crippen LogP contribution in [0.25, 0.3) is 10.2 Å². The fourth-order valence-corrected chi connectivity index (χ4v) is 5.51. The molecule has 1 aliphatic heterocycles. The smallest absolute Gasteiger partial charge is 0.127 e. The third-order valence-corrected chi connectivity index (χ3v) is 6.84. The van der Waals surface area contributed by atoms with Crippen molar-refractivity contribution in [2.45, 2.75) is 77.3 Å². The maximum Gasteiger partial charge on any atom is 0.127 e. The maximum absolute atomic E-state index is 4.81. The zero-order chi connectivity index (χ0) is 15.8. The number of rotatable bonds is 3. The van der Waals surface area contributed by atoms with E-state index in [9.17, 15) is 0 Å². The molecule has 4 rings (SSSR count). The number of hydrogen-bond acceptors (Lipinski definition) is 4. The lowest BCUT2D eigenvalue weighted by atomic mass is 9.88. The largest absolute Gasteiger partial charge is 0.295 e. The van der Waals surface area contributed by atoms with Crippen LogP contribution in [0, 0.1) is 6.92 Å². The highest BCUT2D eigenvalue weighted by Gasteiger charge is 2.23. The summed E-state index contributed by atoms with van der Waals surface area (Å²) >= 11 is 1.92. The minimum Gasteiger partial charge on any atom is -0.295 e. The molecule has 0 amide bonds. The van der Waals surface area contributed by atoms with E-state index in [1.165, 1.54) is 67.4 Å².